The molecule has 1 unspecified atom stereocenters. The maximum Gasteiger partial charge on any atom is 0.435 e. The molecule has 3 amide bonds. The first-order valence-corrected chi connectivity index (χ1v) is 16.3. The molecule has 0 fully saturated rings. The van der Waals surface area contributed by atoms with E-state index in [1.807, 2.05) is 68.4 Å². The average Bonchev–Trinajstić information content (AvgIpc) is 3.41. The van der Waals surface area contributed by atoms with Crippen LogP contribution < -0.4 is 14.7 Å². The summed E-state index contributed by atoms with van der Waals surface area (Å²) in [5.41, 5.74) is 2.29. The van der Waals surface area contributed by atoms with Crippen LogP contribution in [-0.2, 0) is 25.5 Å². The average molecular weight is 658 g/mol. The highest BCUT2D eigenvalue weighted by atomic mass is 16.6. The molecule has 1 atom stereocenters. The lowest BCUT2D eigenvalue weighted by atomic mass is 9.98. The Kier molecular flexibility index (Phi) is 9.05. The lowest BCUT2D eigenvalue weighted by Gasteiger charge is -2.31. The fourth-order valence-corrected chi connectivity index (χ4v) is 6.20. The molecule has 0 spiro atoms. The van der Waals surface area contributed by atoms with Crippen molar-refractivity contribution in [2.45, 2.75) is 52.7 Å². The van der Waals surface area contributed by atoms with Gasteiger partial charge in [0.2, 0.25) is 17.7 Å². The van der Waals surface area contributed by atoms with Crippen LogP contribution in [0.4, 0.5) is 27.5 Å². The van der Waals surface area contributed by atoms with Crippen LogP contribution >= 0.6 is 0 Å². The largest absolute Gasteiger partial charge is 0.442 e. The summed E-state index contributed by atoms with van der Waals surface area (Å²) in [6.45, 7) is 8.83. The van der Waals surface area contributed by atoms with Crippen LogP contribution in [0.2, 0.25) is 0 Å². The molecular weight excluding hydrogens is 618 g/mol. The Morgan fingerprint density at radius 1 is 0.796 bits per heavy atom. The monoisotopic (exact) mass is 657 g/mol. The summed E-state index contributed by atoms with van der Waals surface area (Å²) in [4.78, 5) is 61.5. The van der Waals surface area contributed by atoms with Crippen LogP contribution in [0.5, 0.6) is 0 Å². The van der Waals surface area contributed by atoms with E-state index in [9.17, 15) is 19.2 Å². The second-order valence-corrected chi connectivity index (χ2v) is 13.2. The molecule has 250 valence electrons. The van der Waals surface area contributed by atoms with Crippen LogP contribution in [0, 0.1) is 5.92 Å². The zero-order valence-electron chi connectivity index (χ0n) is 28.2. The van der Waals surface area contributed by atoms with Gasteiger partial charge in [0, 0.05) is 29.2 Å². The second-order valence-electron chi connectivity index (χ2n) is 13.2. The Hall–Kier alpha value is -5.77. The Morgan fingerprint density at radius 3 is 2.04 bits per heavy atom. The van der Waals surface area contributed by atoms with Crippen molar-refractivity contribution in [3.8, 4) is 0 Å². The van der Waals surface area contributed by atoms with E-state index in [-0.39, 0.29) is 24.9 Å². The van der Waals surface area contributed by atoms with E-state index in [2.05, 4.69) is 5.10 Å². The lowest BCUT2D eigenvalue weighted by Crippen LogP contribution is -2.48. The van der Waals surface area contributed by atoms with Gasteiger partial charge < -0.3 is 14.5 Å². The number of hydrogen-bond donors (Lipinski definition) is 0. The Balaban J connectivity index is 1.47. The van der Waals surface area contributed by atoms with E-state index in [1.165, 1.54) is 14.5 Å². The summed E-state index contributed by atoms with van der Waals surface area (Å²) in [7, 11) is 0. The summed E-state index contributed by atoms with van der Waals surface area (Å²) in [5.74, 6) is -2.60. The van der Waals surface area contributed by atoms with Crippen molar-refractivity contribution in [2.75, 3.05) is 21.2 Å². The number of rotatable bonds is 7. The maximum absolute atomic E-state index is 14.8. The SMILES string of the molecule is CC(C)N(C(=O)CN1C(=O)C(Cc2nn(C(=O)OC(C)(C)C)c3ccccc23)C(=O)N(c2ccccc2)c2ccccc21)c1ccccc1. The molecule has 10 heteroatoms. The Morgan fingerprint density at radius 2 is 1.39 bits per heavy atom. The molecular formula is C39H39N5O5. The van der Waals surface area contributed by atoms with Gasteiger partial charge in [-0.2, -0.15) is 9.78 Å². The lowest BCUT2D eigenvalue weighted by molar-refractivity contribution is -0.132. The Labute approximate surface area is 285 Å². The number of carbonyl (C=O) groups excluding carboxylic acids is 4. The number of fused-ring (bicyclic) bond motifs is 2. The topological polar surface area (TPSA) is 105 Å². The predicted octanol–water partition coefficient (Wildman–Crippen LogP) is 7.13. The fraction of sp³-hybridized carbons (Fsp3) is 0.256. The number of aromatic nitrogens is 2. The van der Waals surface area contributed by atoms with Crippen molar-refractivity contribution in [3.05, 3.63) is 115 Å². The minimum atomic E-state index is -1.28. The standard InChI is InChI=1S/C39H39N5O5/c1-26(2)42(27-16-8-6-9-17-27)35(45)25-41-33-22-14-15-23-34(33)43(28-18-10-7-11-19-28)37(47)30(36(41)46)24-31-29-20-12-13-21-32(29)44(40-31)38(48)49-39(3,4)5/h6-23,26,30H,24-25H2,1-5H3. The van der Waals surface area contributed by atoms with Gasteiger partial charge in [-0.05, 0) is 77.1 Å². The molecule has 1 aliphatic rings. The minimum Gasteiger partial charge on any atom is -0.442 e. The molecule has 0 saturated carbocycles. The quantitative estimate of drug-likeness (QED) is 0.173. The van der Waals surface area contributed by atoms with Crippen molar-refractivity contribution < 1.29 is 23.9 Å². The zero-order chi connectivity index (χ0) is 34.9. The van der Waals surface area contributed by atoms with Gasteiger partial charge in [-0.15, -0.1) is 0 Å². The third-order valence-corrected chi connectivity index (χ3v) is 8.25. The molecule has 0 saturated heterocycles. The summed E-state index contributed by atoms with van der Waals surface area (Å²) in [5, 5.41) is 5.23. The van der Waals surface area contributed by atoms with E-state index in [0.717, 1.165) is 0 Å². The third kappa shape index (κ3) is 6.67. The second kappa shape index (κ2) is 13.4. The number of benzene rings is 4. The smallest absolute Gasteiger partial charge is 0.435 e. The summed E-state index contributed by atoms with van der Waals surface area (Å²) in [6.07, 6.45) is -0.795. The van der Waals surface area contributed by atoms with Crippen LogP contribution in [0.1, 0.15) is 40.3 Å². The highest BCUT2D eigenvalue weighted by molar-refractivity contribution is 6.21. The normalized spacial score (nSPS) is 14.9. The van der Waals surface area contributed by atoms with Crippen molar-refractivity contribution in [3.63, 3.8) is 0 Å². The van der Waals surface area contributed by atoms with Gasteiger partial charge in [0.05, 0.1) is 22.6 Å². The minimum absolute atomic E-state index is 0.122. The number of anilines is 4. The molecule has 1 aromatic heterocycles. The first-order chi connectivity index (χ1) is 23.4. The molecule has 0 aliphatic carbocycles. The molecule has 10 nitrogen and oxygen atoms in total. The first-order valence-electron chi connectivity index (χ1n) is 16.3. The molecule has 4 aromatic carbocycles. The number of ether oxygens (including phenoxy) is 1. The van der Waals surface area contributed by atoms with E-state index in [4.69, 9.17) is 4.74 Å². The predicted molar refractivity (Wildman–Crippen MR) is 190 cm³/mol. The highest BCUT2D eigenvalue weighted by Crippen LogP contribution is 2.40. The van der Waals surface area contributed by atoms with Gasteiger partial charge in [-0.3, -0.25) is 19.3 Å². The van der Waals surface area contributed by atoms with Crippen LogP contribution in [-0.4, -0.2) is 51.8 Å². The van der Waals surface area contributed by atoms with Crippen LogP contribution in [0.25, 0.3) is 10.9 Å². The molecule has 49 heavy (non-hydrogen) atoms. The van der Waals surface area contributed by atoms with Gasteiger partial charge in [-0.25, -0.2) is 4.79 Å². The highest BCUT2D eigenvalue weighted by Gasteiger charge is 2.43. The molecule has 2 heterocycles. The number of para-hydroxylation sites is 5. The van der Waals surface area contributed by atoms with Crippen molar-refractivity contribution in [1.29, 1.82) is 0 Å². The van der Waals surface area contributed by atoms with Crippen LogP contribution in [0.15, 0.2) is 109 Å². The van der Waals surface area contributed by atoms with E-state index in [0.29, 0.717) is 39.3 Å². The van der Waals surface area contributed by atoms with Crippen LogP contribution in [0.3, 0.4) is 0 Å². The van der Waals surface area contributed by atoms with Gasteiger partial charge >= 0.3 is 6.09 Å². The summed E-state index contributed by atoms with van der Waals surface area (Å²) in [6, 6.07) is 32.5. The van der Waals surface area contributed by atoms with Crippen molar-refractivity contribution in [2.24, 2.45) is 5.92 Å². The molecule has 0 N–H and O–H groups in total. The molecule has 0 radical (unpaired) electrons. The number of nitrogens with zero attached hydrogens (tertiary/aromatic N) is 5. The van der Waals surface area contributed by atoms with E-state index >= 15 is 0 Å². The van der Waals surface area contributed by atoms with Crippen molar-refractivity contribution in [1.82, 2.24) is 9.78 Å². The van der Waals surface area contributed by atoms with E-state index in [1.54, 1.807) is 80.3 Å². The van der Waals surface area contributed by atoms with Gasteiger partial charge in [-0.1, -0.05) is 66.7 Å². The number of hydrogen-bond acceptors (Lipinski definition) is 6. The van der Waals surface area contributed by atoms with Gasteiger partial charge in [0.1, 0.15) is 18.1 Å². The van der Waals surface area contributed by atoms with Gasteiger partial charge in [0.25, 0.3) is 0 Å². The third-order valence-electron chi connectivity index (χ3n) is 8.25. The number of carbonyl (C=O) groups is 4. The molecule has 0 bridgehead atoms. The van der Waals surface area contributed by atoms with Crippen molar-refractivity contribution >= 4 is 57.5 Å². The fourth-order valence-electron chi connectivity index (χ4n) is 6.20. The summed E-state index contributed by atoms with van der Waals surface area (Å²) >= 11 is 0. The Bertz CT molecular complexity index is 2020. The first kappa shape index (κ1) is 33.1. The molecule has 5 aromatic rings. The van der Waals surface area contributed by atoms with E-state index < -0.39 is 29.4 Å². The maximum atomic E-state index is 14.8. The zero-order valence-corrected chi connectivity index (χ0v) is 28.2. The summed E-state index contributed by atoms with van der Waals surface area (Å²) < 4.78 is 6.80. The van der Waals surface area contributed by atoms with Gasteiger partial charge in [0.15, 0.2) is 0 Å². The molecule has 6 rings (SSSR count). The number of amides is 3. The molecule has 1 aliphatic heterocycles.